The highest BCUT2D eigenvalue weighted by Crippen LogP contribution is 2.11. The van der Waals surface area contributed by atoms with E-state index in [0.29, 0.717) is 39.1 Å². The third-order valence-corrected chi connectivity index (χ3v) is 4.16. The fourth-order valence-corrected chi connectivity index (χ4v) is 2.70. The van der Waals surface area contributed by atoms with Gasteiger partial charge < -0.3 is 24.4 Å². The maximum atomic E-state index is 12.3. The van der Waals surface area contributed by atoms with E-state index in [1.165, 1.54) is 7.11 Å². The van der Waals surface area contributed by atoms with Crippen LogP contribution >= 0.6 is 0 Å². The van der Waals surface area contributed by atoms with E-state index in [0.717, 1.165) is 5.56 Å². The molecule has 1 aliphatic rings. The van der Waals surface area contributed by atoms with Crippen LogP contribution in [0.25, 0.3) is 0 Å². The molecule has 1 saturated heterocycles. The third-order valence-electron chi connectivity index (χ3n) is 4.16. The van der Waals surface area contributed by atoms with Crippen molar-refractivity contribution in [2.45, 2.75) is 32.0 Å². The second-order valence-electron chi connectivity index (χ2n) is 6.20. The Labute approximate surface area is 158 Å². The molecule has 0 aliphatic carbocycles. The van der Waals surface area contributed by atoms with Gasteiger partial charge in [0.05, 0.1) is 26.2 Å². The molecule has 0 unspecified atom stereocenters. The van der Waals surface area contributed by atoms with Gasteiger partial charge in [-0.05, 0) is 12.0 Å². The number of nitrogens with one attached hydrogen (secondary N) is 1. The van der Waals surface area contributed by atoms with Gasteiger partial charge in [0, 0.05) is 26.1 Å². The average Bonchev–Trinajstić information content (AvgIpc) is 2.70. The van der Waals surface area contributed by atoms with E-state index in [1.807, 2.05) is 30.3 Å². The summed E-state index contributed by atoms with van der Waals surface area (Å²) in [5.74, 6) is -0.375. The monoisotopic (exact) mass is 378 g/mol. The summed E-state index contributed by atoms with van der Waals surface area (Å²) in [6.45, 7) is 1.84. The van der Waals surface area contributed by atoms with Gasteiger partial charge in [-0.3, -0.25) is 9.59 Å². The van der Waals surface area contributed by atoms with Crippen molar-refractivity contribution in [1.29, 1.82) is 0 Å². The summed E-state index contributed by atoms with van der Waals surface area (Å²) < 4.78 is 15.2. The second-order valence-corrected chi connectivity index (χ2v) is 6.20. The highest BCUT2D eigenvalue weighted by Gasteiger charge is 2.25. The van der Waals surface area contributed by atoms with Crippen molar-refractivity contribution < 1.29 is 28.6 Å². The zero-order valence-corrected chi connectivity index (χ0v) is 15.5. The molecule has 1 aromatic carbocycles. The van der Waals surface area contributed by atoms with E-state index in [2.05, 4.69) is 10.1 Å². The SMILES string of the molecule is COC(=O)C[C@H]1CN(C(=O)CCCNC(=O)OCc2ccccc2)CCO1. The van der Waals surface area contributed by atoms with Crippen molar-refractivity contribution in [1.82, 2.24) is 10.2 Å². The first kappa shape index (κ1) is 20.7. The first-order valence-corrected chi connectivity index (χ1v) is 8.99. The number of rotatable bonds is 8. The number of morpholine rings is 1. The minimum atomic E-state index is -0.504. The van der Waals surface area contributed by atoms with E-state index >= 15 is 0 Å². The van der Waals surface area contributed by atoms with Gasteiger partial charge in [-0.25, -0.2) is 4.79 Å². The largest absolute Gasteiger partial charge is 0.469 e. The average molecular weight is 378 g/mol. The van der Waals surface area contributed by atoms with Crippen LogP contribution in [0.1, 0.15) is 24.8 Å². The molecule has 1 atom stereocenters. The molecule has 0 radical (unpaired) electrons. The van der Waals surface area contributed by atoms with E-state index in [9.17, 15) is 14.4 Å². The van der Waals surface area contributed by atoms with Crippen molar-refractivity contribution in [2.75, 3.05) is 33.4 Å². The van der Waals surface area contributed by atoms with Crippen molar-refractivity contribution >= 4 is 18.0 Å². The summed E-state index contributed by atoms with van der Waals surface area (Å²) in [5, 5.41) is 2.64. The van der Waals surface area contributed by atoms with E-state index in [1.54, 1.807) is 4.90 Å². The lowest BCUT2D eigenvalue weighted by Crippen LogP contribution is -2.46. The van der Waals surface area contributed by atoms with E-state index in [4.69, 9.17) is 9.47 Å². The summed E-state index contributed by atoms with van der Waals surface area (Å²) in [6.07, 6.45) is 0.120. The number of benzene rings is 1. The van der Waals surface area contributed by atoms with Crippen LogP contribution in [0.15, 0.2) is 30.3 Å². The number of alkyl carbamates (subject to hydrolysis) is 1. The van der Waals surface area contributed by atoms with Gasteiger partial charge in [-0.2, -0.15) is 0 Å². The van der Waals surface area contributed by atoms with Crippen LogP contribution in [0.5, 0.6) is 0 Å². The van der Waals surface area contributed by atoms with Crippen LogP contribution in [-0.2, 0) is 30.4 Å². The molecule has 0 saturated carbocycles. The standard InChI is InChI=1S/C19H26N2O6/c1-25-18(23)12-16-13-21(10-11-26-16)17(22)8-5-9-20-19(24)27-14-15-6-3-2-4-7-15/h2-4,6-7,16H,5,8-14H2,1H3,(H,20,24)/t16-/m0/s1. The highest BCUT2D eigenvalue weighted by molar-refractivity contribution is 5.76. The van der Waals surface area contributed by atoms with Gasteiger partial charge in [0.25, 0.3) is 0 Å². The molecular weight excluding hydrogens is 352 g/mol. The lowest BCUT2D eigenvalue weighted by atomic mass is 10.2. The normalized spacial score (nSPS) is 16.5. The number of methoxy groups -OCH3 is 1. The summed E-state index contributed by atoms with van der Waals surface area (Å²) in [5.41, 5.74) is 0.914. The lowest BCUT2D eigenvalue weighted by molar-refractivity contribution is -0.150. The lowest BCUT2D eigenvalue weighted by Gasteiger charge is -2.32. The molecule has 1 aromatic rings. The van der Waals surface area contributed by atoms with Crippen molar-refractivity contribution in [3.8, 4) is 0 Å². The Bertz CT molecular complexity index is 622. The molecule has 0 aromatic heterocycles. The smallest absolute Gasteiger partial charge is 0.407 e. The predicted octanol–water partition coefficient (Wildman–Crippen LogP) is 1.48. The molecule has 2 amide bonds. The molecule has 8 nitrogen and oxygen atoms in total. The minimum absolute atomic E-state index is 0.0207. The van der Waals surface area contributed by atoms with Gasteiger partial charge in [-0.15, -0.1) is 0 Å². The van der Waals surface area contributed by atoms with E-state index < -0.39 is 6.09 Å². The number of amides is 2. The van der Waals surface area contributed by atoms with Gasteiger partial charge in [0.15, 0.2) is 0 Å². The molecule has 1 aliphatic heterocycles. The molecule has 1 N–H and O–H groups in total. The predicted molar refractivity (Wildman–Crippen MR) is 96.8 cm³/mol. The molecule has 2 rings (SSSR count). The number of nitrogens with zero attached hydrogens (tertiary/aromatic N) is 1. The molecular formula is C19H26N2O6. The zero-order chi connectivity index (χ0) is 19.5. The molecule has 1 fully saturated rings. The number of hydrogen-bond acceptors (Lipinski definition) is 6. The Kier molecular flexibility index (Phi) is 8.57. The van der Waals surface area contributed by atoms with Crippen LogP contribution in [0.3, 0.4) is 0 Å². The zero-order valence-electron chi connectivity index (χ0n) is 15.5. The van der Waals surface area contributed by atoms with Crippen molar-refractivity contribution in [3.63, 3.8) is 0 Å². The molecule has 148 valence electrons. The molecule has 0 spiro atoms. The van der Waals surface area contributed by atoms with E-state index in [-0.39, 0.29) is 31.0 Å². The number of carbonyl (C=O) groups excluding carboxylic acids is 3. The van der Waals surface area contributed by atoms with Gasteiger partial charge >= 0.3 is 12.1 Å². The van der Waals surface area contributed by atoms with Crippen LogP contribution in [-0.4, -0.2) is 62.3 Å². The second kappa shape index (κ2) is 11.2. The Balaban J connectivity index is 1.59. The van der Waals surface area contributed by atoms with Crippen molar-refractivity contribution in [3.05, 3.63) is 35.9 Å². The Morgan fingerprint density at radius 2 is 2.04 bits per heavy atom. The fourth-order valence-electron chi connectivity index (χ4n) is 2.70. The highest BCUT2D eigenvalue weighted by atomic mass is 16.5. The number of hydrogen-bond donors (Lipinski definition) is 1. The summed E-state index contributed by atoms with van der Waals surface area (Å²) in [4.78, 5) is 36.9. The topological polar surface area (TPSA) is 94.2 Å². The van der Waals surface area contributed by atoms with Gasteiger partial charge in [-0.1, -0.05) is 30.3 Å². The quantitative estimate of drug-likeness (QED) is 0.544. The van der Waals surface area contributed by atoms with Crippen LogP contribution in [0, 0.1) is 0 Å². The minimum Gasteiger partial charge on any atom is -0.469 e. The molecule has 0 bridgehead atoms. The number of esters is 1. The molecule has 8 heteroatoms. The Morgan fingerprint density at radius 3 is 2.78 bits per heavy atom. The fraction of sp³-hybridized carbons (Fsp3) is 0.526. The Hall–Kier alpha value is -2.61. The Morgan fingerprint density at radius 1 is 1.26 bits per heavy atom. The summed E-state index contributed by atoms with van der Waals surface area (Å²) >= 11 is 0. The van der Waals surface area contributed by atoms with Crippen molar-refractivity contribution in [2.24, 2.45) is 0 Å². The van der Waals surface area contributed by atoms with Gasteiger partial charge in [0.1, 0.15) is 6.61 Å². The maximum absolute atomic E-state index is 12.3. The number of ether oxygens (including phenoxy) is 3. The van der Waals surface area contributed by atoms with Crippen LogP contribution < -0.4 is 5.32 Å². The first-order valence-electron chi connectivity index (χ1n) is 8.99. The number of carbonyl (C=O) groups is 3. The first-order chi connectivity index (χ1) is 13.1. The summed E-state index contributed by atoms with van der Waals surface area (Å²) in [7, 11) is 1.33. The van der Waals surface area contributed by atoms with Gasteiger partial charge in [0.2, 0.25) is 5.91 Å². The summed E-state index contributed by atoms with van der Waals surface area (Å²) in [6, 6.07) is 9.41. The van der Waals surface area contributed by atoms with Crippen LogP contribution in [0.4, 0.5) is 4.79 Å². The van der Waals surface area contributed by atoms with Crippen LogP contribution in [0.2, 0.25) is 0 Å². The third kappa shape index (κ3) is 7.65. The maximum Gasteiger partial charge on any atom is 0.407 e. The molecule has 1 heterocycles. The molecule has 27 heavy (non-hydrogen) atoms.